The molecule has 0 saturated heterocycles. The Labute approximate surface area is 310 Å². The molecule has 0 heterocycles. The highest BCUT2D eigenvalue weighted by atomic mass is 127. The predicted octanol–water partition coefficient (Wildman–Crippen LogP) is 11.5. The van der Waals surface area contributed by atoms with Crippen LogP contribution in [0.25, 0.3) is 0 Å². The Morgan fingerprint density at radius 2 is 0.857 bits per heavy atom. The summed E-state index contributed by atoms with van der Waals surface area (Å²) in [6.45, 7) is -0.303. The van der Waals surface area contributed by atoms with Crippen LogP contribution in [0, 0.1) is 0 Å². The zero-order valence-corrected chi connectivity index (χ0v) is 32.4. The molecular weight excluding hydrogens is 777 g/mol. The minimum Gasteiger partial charge on any atom is -0.743 e. The predicted molar refractivity (Wildman–Crippen MR) is 204 cm³/mol. The van der Waals surface area contributed by atoms with Gasteiger partial charge in [0.05, 0.1) is 17.5 Å². The topological polar surface area (TPSA) is 83.5 Å². The number of hydrogen-bond donors (Lipinski definition) is 0. The van der Waals surface area contributed by atoms with Crippen molar-refractivity contribution >= 4 is 49.6 Å². The normalized spacial score (nSPS) is 11.6. The Morgan fingerprint density at radius 1 is 0.571 bits per heavy atom. The van der Waals surface area contributed by atoms with Crippen LogP contribution in [0.15, 0.2) is 106 Å². The fourth-order valence-electron chi connectivity index (χ4n) is 5.28. The molecule has 10 heteroatoms. The van der Waals surface area contributed by atoms with Gasteiger partial charge in [-0.25, -0.2) is 13.2 Å². The first-order valence-corrected chi connectivity index (χ1v) is 21.8. The lowest BCUT2D eigenvalue weighted by molar-refractivity contribution is -0.161. The van der Waals surface area contributed by atoms with Gasteiger partial charge >= 0.3 is 11.2 Å². The zero-order chi connectivity index (χ0) is 35.6. The zero-order valence-electron chi connectivity index (χ0n) is 28.6. The van der Waals surface area contributed by atoms with Crippen molar-refractivity contribution in [3.8, 4) is 0 Å². The van der Waals surface area contributed by atoms with Crippen molar-refractivity contribution in [1.82, 2.24) is 0 Å². The van der Waals surface area contributed by atoms with E-state index in [-0.39, 0.29) is 17.5 Å². The minimum atomic E-state index is -6.03. The van der Waals surface area contributed by atoms with Crippen molar-refractivity contribution in [1.29, 1.82) is 0 Å². The first-order chi connectivity index (χ1) is 23.7. The molecule has 0 saturated carbocycles. The van der Waals surface area contributed by atoms with E-state index in [0.29, 0.717) is 12.8 Å². The molecule has 0 aromatic heterocycles. The van der Waals surface area contributed by atoms with Crippen molar-refractivity contribution < 1.29 is 31.3 Å². The van der Waals surface area contributed by atoms with Crippen LogP contribution < -0.4 is 0 Å². The van der Waals surface area contributed by atoms with Crippen LogP contribution in [-0.2, 0) is 30.5 Å². The van der Waals surface area contributed by atoms with Crippen LogP contribution in [0.3, 0.4) is 0 Å². The summed E-state index contributed by atoms with van der Waals surface area (Å²) >= 11 is 2.44. The number of benzene rings is 3. The molecule has 0 aliphatic rings. The van der Waals surface area contributed by atoms with E-state index < -0.39 is 21.3 Å². The molecule has 5 nitrogen and oxygen atoms in total. The van der Waals surface area contributed by atoms with Crippen molar-refractivity contribution in [3.05, 3.63) is 91.0 Å². The van der Waals surface area contributed by atoms with Crippen LogP contribution in [0.5, 0.6) is 0 Å². The van der Waals surface area contributed by atoms with E-state index in [0.717, 1.165) is 19.3 Å². The van der Waals surface area contributed by atoms with Gasteiger partial charge in [0, 0.05) is 0 Å². The fourth-order valence-corrected chi connectivity index (χ4v) is 8.18. The van der Waals surface area contributed by atoms with E-state index in [1.54, 1.807) is 0 Å². The van der Waals surface area contributed by atoms with Crippen LogP contribution in [0.2, 0.25) is 0 Å². The molecule has 0 fully saturated rings. The number of alkyl halides is 3. The van der Waals surface area contributed by atoms with E-state index in [1.165, 1.54) is 96.2 Å². The van der Waals surface area contributed by atoms with Gasteiger partial charge in [-0.15, -0.1) is 0 Å². The van der Waals surface area contributed by atoms with E-state index in [4.69, 9.17) is 0 Å². The third-order valence-electron chi connectivity index (χ3n) is 8.00. The maximum absolute atomic E-state index is 12.9. The molecule has 3 rings (SSSR count). The van der Waals surface area contributed by atoms with Gasteiger partial charge in [-0.05, 0) is 53.7 Å². The third kappa shape index (κ3) is 18.2. The second-order valence-corrected chi connectivity index (χ2v) is 16.6. The summed E-state index contributed by atoms with van der Waals surface area (Å²) in [5.74, 6) is -2.29. The summed E-state index contributed by atoms with van der Waals surface area (Å²) in [5, 5.41) is -5.01. The maximum atomic E-state index is 12.9. The highest BCUT2D eigenvalue weighted by Gasteiger charge is 2.48. The standard InChI is InChI=1S/C21H39F2IO5S.C18H15S/c22-21(23,30(26,27)28)20(25)29-19-17-15-13-11-9-7-5-3-1-2-4-6-8-10-12-14-16-18-24;1-4-10-16(11-5-1)19(17-12-6-2-7-13-17)18-14-8-3-9-15-18/h1-19H2,(H,26,27,28);1-15H/q;+1/p-1. The van der Waals surface area contributed by atoms with Crippen LogP contribution in [0.1, 0.15) is 109 Å². The molecule has 0 N–H and O–H groups in total. The molecule has 0 aliphatic carbocycles. The summed E-state index contributed by atoms with van der Waals surface area (Å²) in [6, 6.07) is 32.2. The number of esters is 1. The number of rotatable bonds is 24. The van der Waals surface area contributed by atoms with E-state index in [2.05, 4.69) is 118 Å². The van der Waals surface area contributed by atoms with Gasteiger partial charge in [-0.3, -0.25) is 0 Å². The molecular formula is C39H53F2IO5S2. The monoisotopic (exact) mass is 830 g/mol. The van der Waals surface area contributed by atoms with Gasteiger partial charge < -0.3 is 9.29 Å². The summed E-state index contributed by atoms with van der Waals surface area (Å²) in [4.78, 5) is 15.0. The highest BCUT2D eigenvalue weighted by molar-refractivity contribution is 14.1. The lowest BCUT2D eigenvalue weighted by atomic mass is 10.0. The van der Waals surface area contributed by atoms with Crippen molar-refractivity contribution in [2.24, 2.45) is 0 Å². The number of unbranched alkanes of at least 4 members (excludes halogenated alkanes) is 16. The van der Waals surface area contributed by atoms with Gasteiger partial charge in [0.15, 0.2) is 24.8 Å². The average Bonchev–Trinajstić information content (AvgIpc) is 3.10. The summed E-state index contributed by atoms with van der Waals surface area (Å²) < 4.78 is 62.1. The number of ether oxygens (including phenoxy) is 1. The highest BCUT2D eigenvalue weighted by Crippen LogP contribution is 2.30. The molecule has 0 unspecified atom stereocenters. The third-order valence-corrected chi connectivity index (χ3v) is 11.8. The SMILES string of the molecule is O=C(OCCCCCCCCCCCCCCCCCCCI)C(F)(F)S(=O)(=O)[O-].c1ccc([S+](c2ccccc2)c2ccccc2)cc1. The summed E-state index contributed by atoms with van der Waals surface area (Å²) in [6.07, 6.45) is 20.1. The van der Waals surface area contributed by atoms with Crippen molar-refractivity contribution in [2.75, 3.05) is 11.0 Å². The van der Waals surface area contributed by atoms with E-state index in [9.17, 15) is 26.5 Å². The Bertz CT molecular complexity index is 1270. The molecule has 49 heavy (non-hydrogen) atoms. The molecule has 0 atom stereocenters. The lowest BCUT2D eigenvalue weighted by Crippen LogP contribution is -2.39. The first-order valence-electron chi connectivity index (χ1n) is 17.6. The van der Waals surface area contributed by atoms with Crippen molar-refractivity contribution in [3.63, 3.8) is 0 Å². The molecule has 0 spiro atoms. The largest absolute Gasteiger partial charge is 0.743 e. The van der Waals surface area contributed by atoms with Crippen LogP contribution >= 0.6 is 22.6 Å². The Balaban J connectivity index is 0.000000371. The van der Waals surface area contributed by atoms with Gasteiger partial charge in [0.1, 0.15) is 0 Å². The Hall–Kier alpha value is -2.02. The Morgan fingerprint density at radius 3 is 1.14 bits per heavy atom. The van der Waals surface area contributed by atoms with E-state index >= 15 is 0 Å². The first kappa shape index (κ1) is 43.1. The van der Waals surface area contributed by atoms with Gasteiger partial charge in [-0.1, -0.05) is 174 Å². The van der Waals surface area contributed by atoms with Gasteiger partial charge in [-0.2, -0.15) is 8.78 Å². The number of carbonyl (C=O) groups excluding carboxylic acids is 1. The maximum Gasteiger partial charge on any atom is 0.428 e. The van der Waals surface area contributed by atoms with Crippen LogP contribution in [0.4, 0.5) is 8.78 Å². The quantitative estimate of drug-likeness (QED) is 0.0224. The van der Waals surface area contributed by atoms with Gasteiger partial charge in [0.25, 0.3) is 0 Å². The summed E-state index contributed by atoms with van der Waals surface area (Å²) in [5.41, 5.74) is 0. The second kappa shape index (κ2) is 25.9. The molecule has 0 amide bonds. The minimum absolute atomic E-state index is 0.0146. The Kier molecular flexibility index (Phi) is 22.8. The van der Waals surface area contributed by atoms with Gasteiger partial charge in [0.2, 0.25) is 0 Å². The van der Waals surface area contributed by atoms with Crippen LogP contribution in [-0.4, -0.2) is 35.2 Å². The molecule has 0 aliphatic heterocycles. The lowest BCUT2D eigenvalue weighted by Gasteiger charge is -2.17. The molecule has 3 aromatic rings. The number of halogens is 3. The second-order valence-electron chi connectivity index (χ2n) is 12.1. The average molecular weight is 831 g/mol. The fraction of sp³-hybridized carbons (Fsp3) is 0.513. The number of carbonyl (C=O) groups is 1. The van der Waals surface area contributed by atoms with Crippen molar-refractivity contribution in [2.45, 2.75) is 129 Å². The van der Waals surface area contributed by atoms with E-state index in [1.807, 2.05) is 0 Å². The molecule has 0 bridgehead atoms. The molecule has 0 radical (unpaired) electrons. The summed E-state index contributed by atoms with van der Waals surface area (Å²) in [7, 11) is -6.05. The number of hydrogen-bond acceptors (Lipinski definition) is 5. The molecule has 3 aromatic carbocycles. The molecule has 272 valence electrons. The smallest absolute Gasteiger partial charge is 0.428 e.